The van der Waals surface area contributed by atoms with Gasteiger partial charge < -0.3 is 9.47 Å². The number of benzene rings is 1. The second-order valence-electron chi connectivity index (χ2n) is 7.01. The van der Waals surface area contributed by atoms with Crippen LogP contribution in [0.5, 0.6) is 0 Å². The maximum absolute atomic E-state index is 4.56. The molecule has 0 N–H and O–H groups in total. The van der Waals surface area contributed by atoms with Crippen LogP contribution in [0.15, 0.2) is 54.7 Å². The number of rotatable bonds is 4. The van der Waals surface area contributed by atoms with Gasteiger partial charge in [0, 0.05) is 25.2 Å². The summed E-state index contributed by atoms with van der Waals surface area (Å²) in [6.07, 6.45) is 4.02. The molecule has 3 aromatic rings. The molecule has 0 saturated carbocycles. The fourth-order valence-electron chi connectivity index (χ4n) is 3.93. The van der Waals surface area contributed by atoms with Crippen LogP contribution in [-0.4, -0.2) is 32.8 Å². The second kappa shape index (κ2) is 7.28. The van der Waals surface area contributed by atoms with Crippen LogP contribution in [0.25, 0.3) is 0 Å². The number of piperidine rings is 1. The van der Waals surface area contributed by atoms with Crippen molar-refractivity contribution >= 4 is 5.82 Å². The number of aryl methyl sites for hydroxylation is 1. The molecule has 0 bridgehead atoms. The Morgan fingerprint density at radius 3 is 2.38 bits per heavy atom. The highest BCUT2D eigenvalue weighted by Crippen LogP contribution is 2.32. The van der Waals surface area contributed by atoms with Crippen molar-refractivity contribution < 1.29 is 0 Å². The van der Waals surface area contributed by atoms with Crippen molar-refractivity contribution in [2.75, 3.05) is 18.0 Å². The van der Waals surface area contributed by atoms with Gasteiger partial charge in [0.05, 0.1) is 6.04 Å². The van der Waals surface area contributed by atoms with E-state index in [-0.39, 0.29) is 6.04 Å². The lowest BCUT2D eigenvalue weighted by molar-refractivity contribution is 0.452. The quantitative estimate of drug-likeness (QED) is 0.716. The Hall–Kier alpha value is -2.69. The fraction of sp³-hybridized carbons (Fsp3) is 0.381. The van der Waals surface area contributed by atoms with Crippen LogP contribution in [0.1, 0.15) is 48.9 Å². The van der Waals surface area contributed by atoms with Crippen molar-refractivity contribution in [3.8, 4) is 0 Å². The predicted molar refractivity (Wildman–Crippen MR) is 103 cm³/mol. The molecule has 1 fully saturated rings. The van der Waals surface area contributed by atoms with Gasteiger partial charge in [-0.15, -0.1) is 10.2 Å². The molecule has 4 rings (SSSR count). The summed E-state index contributed by atoms with van der Waals surface area (Å²) in [7, 11) is 0. The summed E-state index contributed by atoms with van der Waals surface area (Å²) in [5.74, 6) is 3.63. The zero-order chi connectivity index (χ0) is 17.9. The number of hydrogen-bond acceptors (Lipinski definition) is 4. The lowest BCUT2D eigenvalue weighted by Gasteiger charge is -2.33. The van der Waals surface area contributed by atoms with Gasteiger partial charge in [0.15, 0.2) is 0 Å². The topological polar surface area (TPSA) is 46.8 Å². The first kappa shape index (κ1) is 16.8. The molecule has 5 nitrogen and oxygen atoms in total. The van der Waals surface area contributed by atoms with E-state index >= 15 is 0 Å². The summed E-state index contributed by atoms with van der Waals surface area (Å²) in [6, 6.07) is 17.0. The standard InChI is InChI=1S/C21H25N5/c1-16(18-8-4-3-5-9-18)26-17(2)23-24-21(26)19-11-14-25(15-12-19)20-10-6-7-13-22-20/h3-10,13,16,19H,11-12,14-15H2,1-2H3/t16-/m0/s1. The molecule has 0 amide bonds. The number of anilines is 1. The maximum atomic E-state index is 4.56. The molecule has 26 heavy (non-hydrogen) atoms. The molecule has 0 unspecified atom stereocenters. The van der Waals surface area contributed by atoms with Crippen molar-refractivity contribution in [2.24, 2.45) is 0 Å². The third-order valence-corrected chi connectivity index (χ3v) is 5.40. The molecule has 3 heterocycles. The number of nitrogens with zero attached hydrogens (tertiary/aromatic N) is 5. The van der Waals surface area contributed by atoms with Crippen LogP contribution in [0.2, 0.25) is 0 Å². The predicted octanol–water partition coefficient (Wildman–Crippen LogP) is 3.97. The minimum atomic E-state index is 0.245. The molecule has 0 spiro atoms. The average molecular weight is 347 g/mol. The molecule has 134 valence electrons. The van der Waals surface area contributed by atoms with Crippen LogP contribution < -0.4 is 4.90 Å². The van der Waals surface area contributed by atoms with E-state index in [1.165, 1.54) is 5.56 Å². The van der Waals surface area contributed by atoms with Crippen molar-refractivity contribution in [2.45, 2.75) is 38.6 Å². The van der Waals surface area contributed by atoms with Crippen LogP contribution in [0, 0.1) is 6.92 Å². The summed E-state index contributed by atoms with van der Waals surface area (Å²) in [5.41, 5.74) is 1.29. The van der Waals surface area contributed by atoms with Gasteiger partial charge in [-0.25, -0.2) is 4.98 Å². The molecule has 1 aliphatic heterocycles. The summed E-state index contributed by atoms with van der Waals surface area (Å²) in [4.78, 5) is 6.85. The molecule has 1 atom stereocenters. The van der Waals surface area contributed by atoms with Crippen molar-refractivity contribution in [3.63, 3.8) is 0 Å². The Kier molecular flexibility index (Phi) is 4.69. The highest BCUT2D eigenvalue weighted by atomic mass is 15.3. The molecule has 2 aromatic heterocycles. The molecular formula is C21H25N5. The Balaban J connectivity index is 1.53. The van der Waals surface area contributed by atoms with E-state index < -0.39 is 0 Å². The maximum Gasteiger partial charge on any atom is 0.136 e. The summed E-state index contributed by atoms with van der Waals surface area (Å²) in [5, 5.41) is 8.97. The van der Waals surface area contributed by atoms with E-state index in [0.29, 0.717) is 5.92 Å². The van der Waals surface area contributed by atoms with Gasteiger partial charge in [0.2, 0.25) is 0 Å². The van der Waals surface area contributed by atoms with Gasteiger partial charge >= 0.3 is 0 Å². The van der Waals surface area contributed by atoms with Crippen molar-refractivity contribution in [1.82, 2.24) is 19.7 Å². The van der Waals surface area contributed by atoms with Gasteiger partial charge in [-0.1, -0.05) is 36.4 Å². The highest BCUT2D eigenvalue weighted by molar-refractivity contribution is 5.38. The van der Waals surface area contributed by atoms with Crippen molar-refractivity contribution in [3.05, 3.63) is 71.9 Å². The SMILES string of the molecule is Cc1nnc(C2CCN(c3ccccn3)CC2)n1[C@@H](C)c1ccccc1. The van der Waals surface area contributed by atoms with Gasteiger partial charge in [-0.3, -0.25) is 0 Å². The monoisotopic (exact) mass is 347 g/mol. The highest BCUT2D eigenvalue weighted by Gasteiger charge is 2.27. The van der Waals surface area contributed by atoms with Gasteiger partial charge in [0.25, 0.3) is 0 Å². The normalized spacial score (nSPS) is 16.6. The van der Waals surface area contributed by atoms with Crippen LogP contribution >= 0.6 is 0 Å². The lowest BCUT2D eigenvalue weighted by atomic mass is 9.95. The van der Waals surface area contributed by atoms with Crippen LogP contribution in [0.3, 0.4) is 0 Å². The van der Waals surface area contributed by atoms with Gasteiger partial charge in [-0.2, -0.15) is 0 Å². The third-order valence-electron chi connectivity index (χ3n) is 5.40. The second-order valence-corrected chi connectivity index (χ2v) is 7.01. The van der Waals surface area contributed by atoms with E-state index in [4.69, 9.17) is 0 Å². The van der Waals surface area contributed by atoms with E-state index in [1.54, 1.807) is 0 Å². The number of hydrogen-bond donors (Lipinski definition) is 0. The lowest BCUT2D eigenvalue weighted by Crippen LogP contribution is -2.34. The van der Waals surface area contributed by atoms with Crippen LogP contribution in [0.4, 0.5) is 5.82 Å². The Labute approximate surface area is 154 Å². The van der Waals surface area contributed by atoms with Crippen molar-refractivity contribution in [1.29, 1.82) is 0 Å². The van der Waals surface area contributed by atoms with E-state index in [9.17, 15) is 0 Å². The first-order valence-corrected chi connectivity index (χ1v) is 9.36. The van der Waals surface area contributed by atoms with Gasteiger partial charge in [0.1, 0.15) is 17.5 Å². The Morgan fingerprint density at radius 1 is 0.962 bits per heavy atom. The third kappa shape index (κ3) is 3.21. The molecule has 5 heteroatoms. The fourth-order valence-corrected chi connectivity index (χ4v) is 3.93. The number of pyridine rings is 1. The Bertz CT molecular complexity index is 835. The molecule has 0 aliphatic carbocycles. The van der Waals surface area contributed by atoms with Gasteiger partial charge in [-0.05, 0) is 44.4 Å². The van der Waals surface area contributed by atoms with E-state index in [1.807, 2.05) is 12.3 Å². The molecule has 1 saturated heterocycles. The smallest absolute Gasteiger partial charge is 0.136 e. The summed E-state index contributed by atoms with van der Waals surface area (Å²) < 4.78 is 2.32. The Morgan fingerprint density at radius 2 is 1.69 bits per heavy atom. The molecular weight excluding hydrogens is 322 g/mol. The first-order valence-electron chi connectivity index (χ1n) is 9.36. The average Bonchev–Trinajstić information content (AvgIpc) is 3.10. The van der Waals surface area contributed by atoms with E-state index in [0.717, 1.165) is 43.4 Å². The first-order chi connectivity index (χ1) is 12.7. The largest absolute Gasteiger partial charge is 0.357 e. The molecule has 0 radical (unpaired) electrons. The summed E-state index contributed by atoms with van der Waals surface area (Å²) >= 11 is 0. The molecule has 1 aliphatic rings. The zero-order valence-corrected chi connectivity index (χ0v) is 15.4. The minimum Gasteiger partial charge on any atom is -0.357 e. The molecule has 1 aromatic carbocycles. The minimum absolute atomic E-state index is 0.245. The van der Waals surface area contributed by atoms with E-state index in [2.05, 4.69) is 81.0 Å². The summed E-state index contributed by atoms with van der Waals surface area (Å²) in [6.45, 7) is 6.30. The van der Waals surface area contributed by atoms with Crippen LogP contribution in [-0.2, 0) is 0 Å². The number of aromatic nitrogens is 4. The zero-order valence-electron chi connectivity index (χ0n) is 15.4.